The molecule has 1 amide bonds. The summed E-state index contributed by atoms with van der Waals surface area (Å²) in [4.78, 5) is 12.7. The van der Waals surface area contributed by atoms with Crippen molar-refractivity contribution in [2.45, 2.75) is 31.1 Å². The second kappa shape index (κ2) is 7.87. The van der Waals surface area contributed by atoms with E-state index >= 15 is 0 Å². The van der Waals surface area contributed by atoms with E-state index in [0.717, 1.165) is 30.1 Å². The third-order valence-electron chi connectivity index (χ3n) is 4.58. The summed E-state index contributed by atoms with van der Waals surface area (Å²) >= 11 is 0. The van der Waals surface area contributed by atoms with Crippen molar-refractivity contribution in [2.24, 2.45) is 0 Å². The van der Waals surface area contributed by atoms with Gasteiger partial charge in [-0.3, -0.25) is 4.79 Å². The van der Waals surface area contributed by atoms with Crippen LogP contribution in [0.25, 0.3) is 0 Å². The summed E-state index contributed by atoms with van der Waals surface area (Å²) in [6, 6.07) is 11.9. The number of nitrogens with zero attached hydrogens (tertiary/aromatic N) is 1. The van der Waals surface area contributed by atoms with Gasteiger partial charge in [0, 0.05) is 24.3 Å². The third kappa shape index (κ3) is 4.14. The minimum atomic E-state index is -3.55. The fraction of sp³-hybridized carbons (Fsp3) is 0.316. The molecule has 0 aromatic heterocycles. The van der Waals surface area contributed by atoms with Crippen LogP contribution in [0.4, 0.5) is 5.69 Å². The fourth-order valence-electron chi connectivity index (χ4n) is 3.01. The minimum Gasteiger partial charge on any atom is -0.322 e. The number of amides is 1. The molecule has 1 aliphatic rings. The molecule has 1 fully saturated rings. The van der Waals surface area contributed by atoms with Gasteiger partial charge in [0.2, 0.25) is 10.0 Å². The summed E-state index contributed by atoms with van der Waals surface area (Å²) in [5, 5.41) is 3.90. The van der Waals surface area contributed by atoms with E-state index < -0.39 is 10.0 Å². The molecule has 2 aromatic carbocycles. The van der Waals surface area contributed by atoms with Gasteiger partial charge in [-0.05, 0) is 61.0 Å². The van der Waals surface area contributed by atoms with E-state index in [1.807, 2.05) is 25.1 Å². The van der Waals surface area contributed by atoms with Crippen LogP contribution in [0.5, 0.6) is 0 Å². The first-order valence-corrected chi connectivity index (χ1v) is 10.7. The molecule has 3 rings (SSSR count). The molecule has 1 N–H and O–H groups in total. The topological polar surface area (TPSA) is 66.5 Å². The number of hydrogen-bond donors (Lipinski definition) is 1. The minimum absolute atomic E-state index is 0.170. The first-order valence-electron chi connectivity index (χ1n) is 8.65. The van der Waals surface area contributed by atoms with Gasteiger partial charge in [0.25, 0.3) is 5.91 Å². The monoisotopic (exact) mass is 390 g/mol. The smallest absolute Gasteiger partial charge is 0.255 e. The maximum atomic E-state index is 12.8. The maximum Gasteiger partial charge on any atom is 0.255 e. The molecule has 1 unspecified atom stereocenters. The SMILES string of the molecule is Cc1cc(NC(=O)c2cccc(S(=O)(=O)N3CCCCC3)c2)ccc1P. The lowest BCUT2D eigenvalue weighted by Gasteiger charge is -2.26. The molecule has 0 radical (unpaired) electrons. The van der Waals surface area contributed by atoms with Crippen LogP contribution >= 0.6 is 9.24 Å². The van der Waals surface area contributed by atoms with Gasteiger partial charge in [-0.15, -0.1) is 9.24 Å². The highest BCUT2D eigenvalue weighted by atomic mass is 32.2. The van der Waals surface area contributed by atoms with Gasteiger partial charge in [0.05, 0.1) is 4.90 Å². The highest BCUT2D eigenvalue weighted by Gasteiger charge is 2.26. The lowest BCUT2D eigenvalue weighted by molar-refractivity contribution is 0.102. The van der Waals surface area contributed by atoms with Gasteiger partial charge < -0.3 is 5.32 Å². The lowest BCUT2D eigenvalue weighted by atomic mass is 10.2. The molecular formula is C19H23N2O3PS. The Balaban J connectivity index is 1.82. The van der Waals surface area contributed by atoms with E-state index in [9.17, 15) is 13.2 Å². The van der Waals surface area contributed by atoms with Crippen molar-refractivity contribution in [1.29, 1.82) is 0 Å². The van der Waals surface area contributed by atoms with E-state index in [-0.39, 0.29) is 10.8 Å². The molecule has 1 saturated heterocycles. The van der Waals surface area contributed by atoms with Gasteiger partial charge in [-0.25, -0.2) is 8.42 Å². The zero-order valence-corrected chi connectivity index (χ0v) is 16.7. The summed E-state index contributed by atoms with van der Waals surface area (Å²) in [7, 11) is -0.914. The zero-order valence-electron chi connectivity index (χ0n) is 14.7. The molecule has 138 valence electrons. The Morgan fingerprint density at radius 3 is 2.50 bits per heavy atom. The van der Waals surface area contributed by atoms with Crippen LogP contribution in [-0.4, -0.2) is 31.7 Å². The molecule has 1 atom stereocenters. The number of aryl methyl sites for hydroxylation is 1. The van der Waals surface area contributed by atoms with Crippen molar-refractivity contribution >= 4 is 36.2 Å². The number of benzene rings is 2. The van der Waals surface area contributed by atoms with E-state index in [1.54, 1.807) is 18.2 Å². The third-order valence-corrected chi connectivity index (χ3v) is 7.12. The normalized spacial score (nSPS) is 15.6. The zero-order chi connectivity index (χ0) is 18.7. The van der Waals surface area contributed by atoms with Crippen LogP contribution in [0.2, 0.25) is 0 Å². The molecule has 1 heterocycles. The highest BCUT2D eigenvalue weighted by Crippen LogP contribution is 2.22. The highest BCUT2D eigenvalue weighted by molar-refractivity contribution is 7.89. The number of piperidine rings is 1. The summed E-state index contributed by atoms with van der Waals surface area (Å²) in [5.74, 6) is -0.323. The van der Waals surface area contributed by atoms with Crippen LogP contribution in [-0.2, 0) is 10.0 Å². The van der Waals surface area contributed by atoms with E-state index in [0.29, 0.717) is 24.3 Å². The molecule has 26 heavy (non-hydrogen) atoms. The van der Waals surface area contributed by atoms with Crippen molar-refractivity contribution < 1.29 is 13.2 Å². The molecule has 0 aliphatic carbocycles. The van der Waals surface area contributed by atoms with Crippen molar-refractivity contribution in [2.75, 3.05) is 18.4 Å². The molecule has 0 bridgehead atoms. The molecule has 5 nitrogen and oxygen atoms in total. The van der Waals surface area contributed by atoms with Crippen molar-refractivity contribution in [3.63, 3.8) is 0 Å². The molecule has 7 heteroatoms. The average Bonchev–Trinajstić information content (AvgIpc) is 2.65. The second-order valence-electron chi connectivity index (χ2n) is 6.52. The predicted molar refractivity (Wildman–Crippen MR) is 108 cm³/mol. The lowest BCUT2D eigenvalue weighted by Crippen LogP contribution is -2.35. The van der Waals surface area contributed by atoms with E-state index in [4.69, 9.17) is 0 Å². The number of sulfonamides is 1. The number of rotatable bonds is 4. The Bertz CT molecular complexity index is 922. The molecule has 0 spiro atoms. The van der Waals surface area contributed by atoms with Crippen molar-refractivity contribution in [1.82, 2.24) is 4.31 Å². The molecule has 1 aliphatic heterocycles. The number of carbonyl (C=O) groups excluding carboxylic acids is 1. The summed E-state index contributed by atoms with van der Waals surface area (Å²) < 4.78 is 27.1. The number of nitrogens with one attached hydrogen (secondary N) is 1. The summed E-state index contributed by atoms with van der Waals surface area (Å²) in [5.41, 5.74) is 2.06. The average molecular weight is 390 g/mol. The first-order chi connectivity index (χ1) is 12.4. The maximum absolute atomic E-state index is 12.8. The van der Waals surface area contributed by atoms with Gasteiger partial charge in [-0.2, -0.15) is 4.31 Å². The van der Waals surface area contributed by atoms with Crippen LogP contribution in [0.15, 0.2) is 47.4 Å². The molecule has 0 saturated carbocycles. The quantitative estimate of drug-likeness (QED) is 0.817. The fourth-order valence-corrected chi connectivity index (χ4v) is 4.75. The summed E-state index contributed by atoms with van der Waals surface area (Å²) in [6.45, 7) is 3.04. The standard InChI is InChI=1S/C19H23N2O3PS/c1-14-12-16(8-9-18(14)25)20-19(22)15-6-5-7-17(13-15)26(23,24)21-10-3-2-4-11-21/h5-9,12-13H,2-4,10-11,25H2,1H3,(H,20,22). The van der Waals surface area contributed by atoms with Crippen LogP contribution < -0.4 is 10.6 Å². The summed E-state index contributed by atoms with van der Waals surface area (Å²) in [6.07, 6.45) is 2.82. The van der Waals surface area contributed by atoms with Crippen LogP contribution in [0.3, 0.4) is 0 Å². The first kappa shape index (κ1) is 19.0. The molecule has 2 aromatic rings. The number of hydrogen-bond acceptors (Lipinski definition) is 3. The Morgan fingerprint density at radius 2 is 1.81 bits per heavy atom. The van der Waals surface area contributed by atoms with E-state index in [2.05, 4.69) is 14.6 Å². The van der Waals surface area contributed by atoms with Crippen LogP contribution in [0, 0.1) is 6.92 Å². The Hall–Kier alpha value is -1.75. The van der Waals surface area contributed by atoms with E-state index in [1.165, 1.54) is 10.4 Å². The van der Waals surface area contributed by atoms with Gasteiger partial charge in [0.15, 0.2) is 0 Å². The van der Waals surface area contributed by atoms with Gasteiger partial charge in [0.1, 0.15) is 0 Å². The Morgan fingerprint density at radius 1 is 1.08 bits per heavy atom. The van der Waals surface area contributed by atoms with Gasteiger partial charge in [-0.1, -0.05) is 18.6 Å². The number of carbonyl (C=O) groups is 1. The van der Waals surface area contributed by atoms with Gasteiger partial charge >= 0.3 is 0 Å². The Kier molecular flexibility index (Phi) is 5.76. The predicted octanol–water partition coefficient (Wildman–Crippen LogP) is 2.92. The Labute approximate surface area is 157 Å². The van der Waals surface area contributed by atoms with Crippen molar-refractivity contribution in [3.8, 4) is 0 Å². The number of anilines is 1. The largest absolute Gasteiger partial charge is 0.322 e. The van der Waals surface area contributed by atoms with Crippen LogP contribution in [0.1, 0.15) is 35.2 Å². The molecular weight excluding hydrogens is 367 g/mol. The second-order valence-corrected chi connectivity index (χ2v) is 9.08. The van der Waals surface area contributed by atoms with Crippen molar-refractivity contribution in [3.05, 3.63) is 53.6 Å².